The minimum Gasteiger partial charge on any atom is -0.326 e. The predicted molar refractivity (Wildman–Crippen MR) is 55.8 cm³/mol. The van der Waals surface area contributed by atoms with Crippen LogP contribution in [0.3, 0.4) is 0 Å². The number of aryl methyl sites for hydroxylation is 1. The van der Waals surface area contributed by atoms with Crippen LogP contribution in [0.15, 0.2) is 18.2 Å². The maximum atomic E-state index is 11.4. The van der Waals surface area contributed by atoms with Crippen LogP contribution in [0.4, 0.5) is 5.69 Å². The van der Waals surface area contributed by atoms with E-state index in [2.05, 4.69) is 0 Å². The summed E-state index contributed by atoms with van der Waals surface area (Å²) >= 11 is 0. The summed E-state index contributed by atoms with van der Waals surface area (Å²) in [6.45, 7) is 0.480. The molecule has 0 unspecified atom stereocenters. The van der Waals surface area contributed by atoms with E-state index in [0.717, 1.165) is 16.0 Å². The van der Waals surface area contributed by atoms with E-state index in [1.54, 1.807) is 6.07 Å². The number of hydrogen-bond acceptors (Lipinski definition) is 3. The first kappa shape index (κ1) is 9.69. The van der Waals surface area contributed by atoms with Crippen LogP contribution in [0.2, 0.25) is 0 Å². The highest BCUT2D eigenvalue weighted by Crippen LogP contribution is 2.27. The smallest absolute Gasteiger partial charge is 0.240 e. The van der Waals surface area contributed by atoms with Crippen LogP contribution in [0, 0.1) is 11.5 Å². The molecule has 0 fully saturated rings. The van der Waals surface area contributed by atoms with E-state index >= 15 is 0 Å². The Hall–Kier alpha value is -1.86. The number of rotatable bonds is 1. The van der Waals surface area contributed by atoms with Crippen molar-refractivity contribution in [1.82, 2.24) is 0 Å². The lowest BCUT2D eigenvalue weighted by Crippen LogP contribution is -2.30. The Bertz CT molecular complexity index is 448. The van der Waals surface area contributed by atoms with Gasteiger partial charge in [-0.2, -0.15) is 5.26 Å². The van der Waals surface area contributed by atoms with Gasteiger partial charge in [0.25, 0.3) is 0 Å². The van der Waals surface area contributed by atoms with Crippen molar-refractivity contribution in [2.45, 2.75) is 19.4 Å². The van der Waals surface area contributed by atoms with Crippen molar-refractivity contribution >= 4 is 11.6 Å². The Kier molecular flexibility index (Phi) is 2.40. The first-order chi connectivity index (χ1) is 7.26. The van der Waals surface area contributed by atoms with Gasteiger partial charge in [0.15, 0.2) is 6.19 Å². The van der Waals surface area contributed by atoms with Gasteiger partial charge in [-0.25, -0.2) is 4.90 Å². The number of carbonyl (C=O) groups is 1. The number of anilines is 1. The van der Waals surface area contributed by atoms with Crippen molar-refractivity contribution in [2.24, 2.45) is 5.73 Å². The predicted octanol–water partition coefficient (Wildman–Crippen LogP) is 0.906. The molecule has 1 aromatic rings. The molecule has 1 heterocycles. The lowest BCUT2D eigenvalue weighted by molar-refractivity contribution is -0.118. The number of nitrogens with two attached hydrogens (primary N) is 1. The maximum absolute atomic E-state index is 11.4. The van der Waals surface area contributed by atoms with Crippen molar-refractivity contribution in [1.29, 1.82) is 5.26 Å². The van der Waals surface area contributed by atoms with Crippen LogP contribution in [-0.2, 0) is 17.8 Å². The fourth-order valence-corrected chi connectivity index (χ4v) is 1.78. The molecule has 0 saturated carbocycles. The molecular weight excluding hydrogens is 190 g/mol. The molecule has 1 aliphatic heterocycles. The van der Waals surface area contributed by atoms with E-state index in [4.69, 9.17) is 11.0 Å². The maximum Gasteiger partial charge on any atom is 0.240 e. The van der Waals surface area contributed by atoms with Gasteiger partial charge in [0, 0.05) is 13.0 Å². The summed E-state index contributed by atoms with van der Waals surface area (Å²) in [6, 6.07) is 5.60. The number of hydrogen-bond donors (Lipinski definition) is 1. The van der Waals surface area contributed by atoms with Crippen LogP contribution in [0.25, 0.3) is 0 Å². The second-order valence-electron chi connectivity index (χ2n) is 3.50. The van der Waals surface area contributed by atoms with Crippen LogP contribution in [0.5, 0.6) is 0 Å². The van der Waals surface area contributed by atoms with E-state index in [1.807, 2.05) is 18.3 Å². The number of nitriles is 1. The zero-order chi connectivity index (χ0) is 10.8. The molecule has 0 radical (unpaired) electrons. The monoisotopic (exact) mass is 201 g/mol. The molecule has 0 atom stereocenters. The summed E-state index contributed by atoms with van der Waals surface area (Å²) < 4.78 is 0. The summed E-state index contributed by atoms with van der Waals surface area (Å²) in [5.74, 6) is -0.134. The normalized spacial score (nSPS) is 14.7. The summed E-state index contributed by atoms with van der Waals surface area (Å²) in [5.41, 5.74) is 8.29. The minimum atomic E-state index is -0.134. The van der Waals surface area contributed by atoms with E-state index in [0.29, 0.717) is 25.1 Å². The Balaban J connectivity index is 2.48. The van der Waals surface area contributed by atoms with Crippen molar-refractivity contribution in [2.75, 3.05) is 4.90 Å². The second-order valence-corrected chi connectivity index (χ2v) is 3.50. The fraction of sp³-hybridized carbons (Fsp3) is 0.273. The van der Waals surface area contributed by atoms with Gasteiger partial charge in [-0.15, -0.1) is 0 Å². The molecule has 4 heteroatoms. The van der Waals surface area contributed by atoms with Gasteiger partial charge in [-0.3, -0.25) is 4.79 Å². The molecule has 0 aliphatic carbocycles. The van der Waals surface area contributed by atoms with Gasteiger partial charge in [0.2, 0.25) is 5.91 Å². The number of amides is 1. The zero-order valence-electron chi connectivity index (χ0n) is 8.23. The van der Waals surface area contributed by atoms with E-state index in [9.17, 15) is 4.79 Å². The van der Waals surface area contributed by atoms with Crippen LogP contribution < -0.4 is 10.6 Å². The van der Waals surface area contributed by atoms with Gasteiger partial charge in [0.05, 0.1) is 5.69 Å². The molecule has 4 nitrogen and oxygen atoms in total. The van der Waals surface area contributed by atoms with Gasteiger partial charge in [-0.1, -0.05) is 12.1 Å². The van der Waals surface area contributed by atoms with Crippen molar-refractivity contribution in [3.8, 4) is 6.19 Å². The summed E-state index contributed by atoms with van der Waals surface area (Å²) in [4.78, 5) is 12.6. The third-order valence-electron chi connectivity index (χ3n) is 2.58. The summed E-state index contributed by atoms with van der Waals surface area (Å²) in [7, 11) is 0. The van der Waals surface area contributed by atoms with Gasteiger partial charge in [-0.05, 0) is 23.6 Å². The molecule has 0 bridgehead atoms. The number of fused-ring (bicyclic) bond motifs is 1. The number of benzene rings is 1. The van der Waals surface area contributed by atoms with Gasteiger partial charge in [0.1, 0.15) is 0 Å². The average molecular weight is 201 g/mol. The molecule has 0 saturated heterocycles. The Morgan fingerprint density at radius 3 is 2.93 bits per heavy atom. The highest BCUT2D eigenvalue weighted by atomic mass is 16.2. The Labute approximate surface area is 87.9 Å². The van der Waals surface area contributed by atoms with E-state index < -0.39 is 0 Å². The van der Waals surface area contributed by atoms with E-state index in [1.165, 1.54) is 0 Å². The molecular formula is C11H11N3O. The van der Waals surface area contributed by atoms with Crippen LogP contribution in [-0.4, -0.2) is 5.91 Å². The SMILES string of the molecule is N#CN1C(=O)CCc2cc(CN)ccc21. The molecule has 2 rings (SSSR count). The fourth-order valence-electron chi connectivity index (χ4n) is 1.78. The lowest BCUT2D eigenvalue weighted by atomic mass is 9.99. The Morgan fingerprint density at radius 2 is 2.27 bits per heavy atom. The Morgan fingerprint density at radius 1 is 1.47 bits per heavy atom. The third-order valence-corrected chi connectivity index (χ3v) is 2.58. The molecule has 76 valence electrons. The zero-order valence-corrected chi connectivity index (χ0v) is 8.23. The molecule has 1 amide bonds. The second kappa shape index (κ2) is 3.71. The molecule has 15 heavy (non-hydrogen) atoms. The highest BCUT2D eigenvalue weighted by molar-refractivity contribution is 5.98. The van der Waals surface area contributed by atoms with Crippen molar-refractivity contribution in [3.05, 3.63) is 29.3 Å². The van der Waals surface area contributed by atoms with Crippen LogP contribution in [0.1, 0.15) is 17.5 Å². The van der Waals surface area contributed by atoms with Crippen molar-refractivity contribution in [3.63, 3.8) is 0 Å². The first-order valence-corrected chi connectivity index (χ1v) is 4.81. The van der Waals surface area contributed by atoms with Gasteiger partial charge < -0.3 is 5.73 Å². The molecule has 0 aromatic heterocycles. The topological polar surface area (TPSA) is 70.1 Å². The third kappa shape index (κ3) is 1.58. The van der Waals surface area contributed by atoms with E-state index in [-0.39, 0.29) is 5.91 Å². The summed E-state index contributed by atoms with van der Waals surface area (Å²) in [5, 5.41) is 8.87. The standard InChI is InChI=1S/C11H11N3O/c12-6-8-1-3-10-9(5-8)2-4-11(15)14(10)7-13/h1,3,5H,2,4,6,12H2. The summed E-state index contributed by atoms with van der Waals surface area (Å²) in [6.07, 6.45) is 2.99. The molecule has 1 aliphatic rings. The largest absolute Gasteiger partial charge is 0.326 e. The molecule has 0 spiro atoms. The minimum absolute atomic E-state index is 0.134. The first-order valence-electron chi connectivity index (χ1n) is 4.81. The molecule has 2 N–H and O–H groups in total. The molecule has 1 aromatic carbocycles. The number of nitrogens with zero attached hydrogens (tertiary/aromatic N) is 2. The van der Waals surface area contributed by atoms with Crippen LogP contribution >= 0.6 is 0 Å². The van der Waals surface area contributed by atoms with Crippen molar-refractivity contribution < 1.29 is 4.79 Å². The van der Waals surface area contributed by atoms with Gasteiger partial charge >= 0.3 is 0 Å². The lowest BCUT2D eigenvalue weighted by Gasteiger charge is -2.23. The quantitative estimate of drug-likeness (QED) is 0.686. The average Bonchev–Trinajstić information content (AvgIpc) is 2.28. The number of carbonyl (C=O) groups excluding carboxylic acids is 1. The highest BCUT2D eigenvalue weighted by Gasteiger charge is 2.23.